The molecule has 0 spiro atoms. The number of ether oxygens (including phenoxy) is 1. The lowest BCUT2D eigenvalue weighted by atomic mass is 10.1. The molecule has 2 unspecified atom stereocenters. The molecule has 2 atom stereocenters. The van der Waals surface area contributed by atoms with Gasteiger partial charge in [0.05, 0.1) is 6.61 Å². The summed E-state index contributed by atoms with van der Waals surface area (Å²) in [5, 5.41) is 3.24. The van der Waals surface area contributed by atoms with E-state index in [0.717, 1.165) is 25.7 Å². The van der Waals surface area contributed by atoms with Crippen LogP contribution in [0.4, 0.5) is 0 Å². The predicted octanol–water partition coefficient (Wildman–Crippen LogP) is 1.08. The maximum atomic E-state index is 11.3. The van der Waals surface area contributed by atoms with E-state index >= 15 is 0 Å². The summed E-state index contributed by atoms with van der Waals surface area (Å²) in [6, 6.07) is 0.276. The Morgan fingerprint density at radius 3 is 3.07 bits per heavy atom. The Labute approximate surface area is 85.2 Å². The minimum Gasteiger partial charge on any atom is -0.465 e. The molecule has 3 heteroatoms. The van der Waals surface area contributed by atoms with Crippen LogP contribution in [0.1, 0.15) is 32.6 Å². The molecule has 0 aromatic carbocycles. The van der Waals surface area contributed by atoms with Gasteiger partial charge in [-0.15, -0.1) is 12.3 Å². The van der Waals surface area contributed by atoms with Crippen LogP contribution in [-0.2, 0) is 9.53 Å². The van der Waals surface area contributed by atoms with Crippen LogP contribution in [0, 0.1) is 12.3 Å². The van der Waals surface area contributed by atoms with Gasteiger partial charge in [0.1, 0.15) is 6.04 Å². The van der Waals surface area contributed by atoms with Gasteiger partial charge in [0.25, 0.3) is 0 Å². The fourth-order valence-corrected chi connectivity index (χ4v) is 1.73. The summed E-state index contributed by atoms with van der Waals surface area (Å²) < 4.78 is 4.94. The quantitative estimate of drug-likeness (QED) is 0.539. The fraction of sp³-hybridized carbons (Fsp3) is 0.727. The molecule has 1 saturated heterocycles. The predicted molar refractivity (Wildman–Crippen MR) is 54.6 cm³/mol. The van der Waals surface area contributed by atoms with Crippen molar-refractivity contribution in [2.24, 2.45) is 0 Å². The highest BCUT2D eigenvalue weighted by Crippen LogP contribution is 2.16. The summed E-state index contributed by atoms with van der Waals surface area (Å²) in [7, 11) is 0. The van der Waals surface area contributed by atoms with Gasteiger partial charge in [0.2, 0.25) is 0 Å². The lowest BCUT2D eigenvalue weighted by Crippen LogP contribution is -2.36. The second-order valence-corrected chi connectivity index (χ2v) is 3.49. The van der Waals surface area contributed by atoms with Crippen LogP contribution in [0.2, 0.25) is 0 Å². The third-order valence-corrected chi connectivity index (χ3v) is 2.45. The maximum absolute atomic E-state index is 11.3. The number of carbonyl (C=O) groups is 1. The van der Waals surface area contributed by atoms with Gasteiger partial charge in [-0.2, -0.15) is 0 Å². The Morgan fingerprint density at radius 2 is 2.43 bits per heavy atom. The minimum atomic E-state index is -0.129. The normalized spacial score (nSPS) is 25.7. The number of hydrogen-bond donors (Lipinski definition) is 1. The van der Waals surface area contributed by atoms with Crippen LogP contribution < -0.4 is 5.32 Å². The van der Waals surface area contributed by atoms with E-state index in [2.05, 4.69) is 11.2 Å². The van der Waals surface area contributed by atoms with E-state index in [-0.39, 0.29) is 12.0 Å². The molecule has 78 valence electrons. The number of esters is 1. The molecule has 0 amide bonds. The van der Waals surface area contributed by atoms with Crippen molar-refractivity contribution in [1.29, 1.82) is 0 Å². The fourth-order valence-electron chi connectivity index (χ4n) is 1.73. The average Bonchev–Trinajstić information content (AvgIpc) is 2.63. The van der Waals surface area contributed by atoms with Gasteiger partial charge in [0.15, 0.2) is 0 Å². The van der Waals surface area contributed by atoms with Crippen LogP contribution >= 0.6 is 0 Å². The lowest BCUT2D eigenvalue weighted by molar-refractivity contribution is -0.145. The number of terminal acetylenes is 1. The van der Waals surface area contributed by atoms with Crippen LogP contribution in [0.25, 0.3) is 0 Å². The standard InChI is InChI=1S/C11H17NO2/c1-3-5-6-9-7-8-10(12-9)11(13)14-4-2/h1,9-10,12H,4-8H2,2H3. The Hall–Kier alpha value is -1.01. The van der Waals surface area contributed by atoms with Crippen molar-refractivity contribution in [1.82, 2.24) is 5.32 Å². The zero-order chi connectivity index (χ0) is 10.4. The highest BCUT2D eigenvalue weighted by Gasteiger charge is 2.29. The molecule has 0 saturated carbocycles. The first-order chi connectivity index (χ1) is 6.77. The Kier molecular flexibility index (Phi) is 4.48. The first-order valence-electron chi connectivity index (χ1n) is 5.14. The van der Waals surface area contributed by atoms with Crippen molar-refractivity contribution in [3.05, 3.63) is 0 Å². The van der Waals surface area contributed by atoms with Crippen molar-refractivity contribution in [2.75, 3.05) is 6.61 Å². The summed E-state index contributed by atoms with van der Waals surface area (Å²) in [5.74, 6) is 2.48. The molecule has 0 bridgehead atoms. The maximum Gasteiger partial charge on any atom is 0.323 e. The molecule has 0 aromatic rings. The smallest absolute Gasteiger partial charge is 0.323 e. The SMILES string of the molecule is C#CCCC1CCC(C(=O)OCC)N1. The minimum absolute atomic E-state index is 0.113. The molecule has 1 rings (SSSR count). The second kappa shape index (κ2) is 5.66. The van der Waals surface area contributed by atoms with Gasteiger partial charge in [0, 0.05) is 12.5 Å². The molecule has 0 radical (unpaired) electrons. The topological polar surface area (TPSA) is 38.3 Å². The van der Waals surface area contributed by atoms with E-state index < -0.39 is 0 Å². The summed E-state index contributed by atoms with van der Waals surface area (Å²) >= 11 is 0. The van der Waals surface area contributed by atoms with E-state index in [9.17, 15) is 4.79 Å². The first kappa shape index (κ1) is 11.1. The van der Waals surface area contributed by atoms with Crippen LogP contribution in [-0.4, -0.2) is 24.7 Å². The van der Waals surface area contributed by atoms with Gasteiger partial charge < -0.3 is 10.1 Å². The number of rotatable bonds is 4. The summed E-state index contributed by atoms with van der Waals surface area (Å²) in [5.41, 5.74) is 0. The molecular weight excluding hydrogens is 178 g/mol. The molecule has 1 N–H and O–H groups in total. The molecule has 1 aliphatic heterocycles. The van der Waals surface area contributed by atoms with Crippen molar-refractivity contribution in [3.8, 4) is 12.3 Å². The Morgan fingerprint density at radius 1 is 1.64 bits per heavy atom. The van der Waals surface area contributed by atoms with E-state index in [0.29, 0.717) is 12.6 Å². The van der Waals surface area contributed by atoms with Crippen molar-refractivity contribution in [3.63, 3.8) is 0 Å². The van der Waals surface area contributed by atoms with E-state index in [1.54, 1.807) is 0 Å². The van der Waals surface area contributed by atoms with E-state index in [4.69, 9.17) is 11.2 Å². The molecule has 1 fully saturated rings. The van der Waals surface area contributed by atoms with Crippen molar-refractivity contribution < 1.29 is 9.53 Å². The van der Waals surface area contributed by atoms with E-state index in [1.807, 2.05) is 6.92 Å². The first-order valence-corrected chi connectivity index (χ1v) is 5.14. The summed E-state index contributed by atoms with van der Waals surface area (Å²) in [4.78, 5) is 11.3. The summed E-state index contributed by atoms with van der Waals surface area (Å²) in [6.07, 6.45) is 8.79. The highest BCUT2D eigenvalue weighted by molar-refractivity contribution is 5.76. The van der Waals surface area contributed by atoms with E-state index in [1.165, 1.54) is 0 Å². The molecule has 14 heavy (non-hydrogen) atoms. The Bertz CT molecular complexity index is 232. The second-order valence-electron chi connectivity index (χ2n) is 3.49. The third-order valence-electron chi connectivity index (χ3n) is 2.45. The van der Waals surface area contributed by atoms with Crippen LogP contribution in [0.15, 0.2) is 0 Å². The number of carbonyl (C=O) groups excluding carboxylic acids is 1. The zero-order valence-electron chi connectivity index (χ0n) is 8.58. The van der Waals surface area contributed by atoms with Gasteiger partial charge >= 0.3 is 5.97 Å². The number of nitrogens with one attached hydrogen (secondary N) is 1. The largest absolute Gasteiger partial charge is 0.465 e. The molecule has 0 aliphatic carbocycles. The van der Waals surface area contributed by atoms with Gasteiger partial charge in [-0.1, -0.05) is 0 Å². The molecule has 1 aliphatic rings. The third kappa shape index (κ3) is 3.04. The average molecular weight is 195 g/mol. The monoisotopic (exact) mass is 195 g/mol. The van der Waals surface area contributed by atoms with Gasteiger partial charge in [-0.3, -0.25) is 4.79 Å². The summed E-state index contributed by atoms with van der Waals surface area (Å²) in [6.45, 7) is 2.27. The Balaban J connectivity index is 2.27. The molecule has 0 aromatic heterocycles. The highest BCUT2D eigenvalue weighted by atomic mass is 16.5. The molecular formula is C11H17NO2. The van der Waals surface area contributed by atoms with Crippen molar-refractivity contribution in [2.45, 2.75) is 44.7 Å². The lowest BCUT2D eigenvalue weighted by Gasteiger charge is -2.12. The van der Waals surface area contributed by atoms with Crippen LogP contribution in [0.3, 0.4) is 0 Å². The number of hydrogen-bond acceptors (Lipinski definition) is 3. The molecule has 1 heterocycles. The molecule has 3 nitrogen and oxygen atoms in total. The van der Waals surface area contributed by atoms with Gasteiger partial charge in [-0.05, 0) is 26.2 Å². The van der Waals surface area contributed by atoms with Crippen LogP contribution in [0.5, 0.6) is 0 Å². The van der Waals surface area contributed by atoms with Gasteiger partial charge in [-0.25, -0.2) is 0 Å². The zero-order valence-corrected chi connectivity index (χ0v) is 8.58. The van der Waals surface area contributed by atoms with Crippen molar-refractivity contribution >= 4 is 5.97 Å².